The van der Waals surface area contributed by atoms with Crippen molar-refractivity contribution >= 4 is 11.6 Å². The van der Waals surface area contributed by atoms with Crippen LogP contribution in [0.25, 0.3) is 0 Å². The quantitative estimate of drug-likeness (QED) is 0.356. The summed E-state index contributed by atoms with van der Waals surface area (Å²) in [6.07, 6.45) is 3.54. The smallest absolute Gasteiger partial charge is 0.0636 e. The SMILES string of the molecule is CC(O)CNC/C=C/CCl. The molecule has 0 bridgehead atoms. The molecule has 0 aromatic carbocycles. The molecule has 0 aliphatic heterocycles. The van der Waals surface area contributed by atoms with Gasteiger partial charge < -0.3 is 10.4 Å². The molecule has 0 saturated carbocycles. The summed E-state index contributed by atoms with van der Waals surface area (Å²) in [4.78, 5) is 0. The minimum absolute atomic E-state index is 0.274. The highest BCUT2D eigenvalue weighted by Crippen LogP contribution is 1.77. The Morgan fingerprint density at radius 3 is 2.80 bits per heavy atom. The van der Waals surface area contributed by atoms with Crippen molar-refractivity contribution in [2.45, 2.75) is 13.0 Å². The highest BCUT2D eigenvalue weighted by molar-refractivity contribution is 6.18. The molecule has 0 spiro atoms. The van der Waals surface area contributed by atoms with Gasteiger partial charge in [-0.1, -0.05) is 12.2 Å². The molecule has 2 nitrogen and oxygen atoms in total. The van der Waals surface area contributed by atoms with Gasteiger partial charge in [0.2, 0.25) is 0 Å². The van der Waals surface area contributed by atoms with E-state index in [4.69, 9.17) is 16.7 Å². The Morgan fingerprint density at radius 1 is 1.60 bits per heavy atom. The van der Waals surface area contributed by atoms with Crippen LogP contribution >= 0.6 is 11.6 Å². The van der Waals surface area contributed by atoms with Gasteiger partial charge in [-0.3, -0.25) is 0 Å². The molecule has 0 aliphatic carbocycles. The van der Waals surface area contributed by atoms with Gasteiger partial charge in [0.05, 0.1) is 6.10 Å². The number of hydrogen-bond acceptors (Lipinski definition) is 2. The second-order valence-electron chi connectivity index (χ2n) is 2.13. The van der Waals surface area contributed by atoms with E-state index in [1.807, 2.05) is 12.2 Å². The van der Waals surface area contributed by atoms with Gasteiger partial charge in [0.1, 0.15) is 0 Å². The third-order valence-corrected chi connectivity index (χ3v) is 1.14. The Morgan fingerprint density at radius 2 is 2.30 bits per heavy atom. The number of aliphatic hydroxyl groups excluding tert-OH is 1. The summed E-state index contributed by atoms with van der Waals surface area (Å²) >= 11 is 5.38. The van der Waals surface area contributed by atoms with E-state index >= 15 is 0 Å². The molecule has 3 heteroatoms. The summed E-state index contributed by atoms with van der Waals surface area (Å²) in [5, 5.41) is 11.8. The zero-order valence-electron chi connectivity index (χ0n) is 6.18. The minimum Gasteiger partial charge on any atom is -0.392 e. The number of halogens is 1. The second-order valence-corrected chi connectivity index (χ2v) is 2.44. The van der Waals surface area contributed by atoms with Crippen molar-refractivity contribution in [1.82, 2.24) is 5.32 Å². The molecule has 0 amide bonds. The first kappa shape index (κ1) is 9.95. The van der Waals surface area contributed by atoms with Crippen LogP contribution in [-0.2, 0) is 0 Å². The lowest BCUT2D eigenvalue weighted by atomic mass is 10.4. The van der Waals surface area contributed by atoms with Crippen molar-refractivity contribution in [3.05, 3.63) is 12.2 Å². The van der Waals surface area contributed by atoms with Gasteiger partial charge in [0, 0.05) is 19.0 Å². The fraction of sp³-hybridized carbons (Fsp3) is 0.714. The summed E-state index contributed by atoms with van der Waals surface area (Å²) < 4.78 is 0. The molecule has 0 radical (unpaired) electrons. The highest BCUT2D eigenvalue weighted by atomic mass is 35.5. The Balaban J connectivity index is 2.97. The Labute approximate surface area is 66.9 Å². The monoisotopic (exact) mass is 163 g/mol. The van der Waals surface area contributed by atoms with Gasteiger partial charge in [-0.25, -0.2) is 0 Å². The molecule has 1 unspecified atom stereocenters. The van der Waals surface area contributed by atoms with Crippen LogP contribution in [0.15, 0.2) is 12.2 Å². The third kappa shape index (κ3) is 7.95. The van der Waals surface area contributed by atoms with Crippen LogP contribution in [-0.4, -0.2) is 30.2 Å². The van der Waals surface area contributed by atoms with Crippen LogP contribution in [0.1, 0.15) is 6.92 Å². The molecule has 0 aliphatic rings. The van der Waals surface area contributed by atoms with E-state index in [0.717, 1.165) is 6.54 Å². The van der Waals surface area contributed by atoms with Crippen molar-refractivity contribution in [3.63, 3.8) is 0 Å². The van der Waals surface area contributed by atoms with Gasteiger partial charge in [0.15, 0.2) is 0 Å². The predicted octanol–water partition coefficient (Wildman–Crippen LogP) is 0.752. The van der Waals surface area contributed by atoms with Crippen molar-refractivity contribution in [2.24, 2.45) is 0 Å². The molecule has 0 aromatic heterocycles. The highest BCUT2D eigenvalue weighted by Gasteiger charge is 1.89. The molecule has 0 saturated heterocycles. The summed E-state index contributed by atoms with van der Waals surface area (Å²) in [6, 6.07) is 0. The lowest BCUT2D eigenvalue weighted by Crippen LogP contribution is -2.24. The zero-order chi connectivity index (χ0) is 7.82. The lowest BCUT2D eigenvalue weighted by molar-refractivity contribution is 0.193. The zero-order valence-corrected chi connectivity index (χ0v) is 6.93. The fourth-order valence-corrected chi connectivity index (χ4v) is 0.648. The molecular weight excluding hydrogens is 150 g/mol. The van der Waals surface area contributed by atoms with Crippen molar-refractivity contribution < 1.29 is 5.11 Å². The van der Waals surface area contributed by atoms with E-state index in [-0.39, 0.29) is 6.10 Å². The second kappa shape index (κ2) is 7.06. The van der Waals surface area contributed by atoms with Crippen LogP contribution in [0, 0.1) is 0 Å². The van der Waals surface area contributed by atoms with E-state index in [9.17, 15) is 0 Å². The van der Waals surface area contributed by atoms with Gasteiger partial charge in [-0.2, -0.15) is 0 Å². The number of alkyl halides is 1. The number of nitrogens with one attached hydrogen (secondary N) is 1. The van der Waals surface area contributed by atoms with Crippen LogP contribution in [0.5, 0.6) is 0 Å². The molecule has 0 rings (SSSR count). The fourth-order valence-electron chi connectivity index (χ4n) is 0.522. The van der Waals surface area contributed by atoms with E-state index < -0.39 is 0 Å². The van der Waals surface area contributed by atoms with Gasteiger partial charge in [0.25, 0.3) is 0 Å². The minimum atomic E-state index is -0.274. The van der Waals surface area contributed by atoms with Crippen molar-refractivity contribution in [3.8, 4) is 0 Å². The first-order chi connectivity index (χ1) is 4.77. The number of rotatable bonds is 5. The number of aliphatic hydroxyl groups is 1. The number of hydrogen-bond donors (Lipinski definition) is 2. The van der Waals surface area contributed by atoms with Crippen LogP contribution < -0.4 is 5.32 Å². The maximum atomic E-state index is 8.80. The molecule has 0 aromatic rings. The summed E-state index contributed by atoms with van der Waals surface area (Å²) in [7, 11) is 0. The Bertz CT molecular complexity index is 93.6. The molecule has 0 fully saturated rings. The Hall–Kier alpha value is -0.0500. The first-order valence-corrected chi connectivity index (χ1v) is 3.90. The predicted molar refractivity (Wildman–Crippen MR) is 44.4 cm³/mol. The maximum absolute atomic E-state index is 8.80. The van der Waals surface area contributed by atoms with Crippen molar-refractivity contribution in [1.29, 1.82) is 0 Å². The summed E-state index contributed by atoms with van der Waals surface area (Å²) in [6.45, 7) is 3.16. The van der Waals surface area contributed by atoms with Crippen molar-refractivity contribution in [2.75, 3.05) is 19.0 Å². The maximum Gasteiger partial charge on any atom is 0.0636 e. The van der Waals surface area contributed by atoms with Gasteiger partial charge in [-0.15, -0.1) is 11.6 Å². The number of allylic oxidation sites excluding steroid dienone is 1. The van der Waals surface area contributed by atoms with E-state index in [0.29, 0.717) is 12.4 Å². The van der Waals surface area contributed by atoms with E-state index in [2.05, 4.69) is 5.32 Å². The molecule has 0 heterocycles. The lowest BCUT2D eigenvalue weighted by Gasteiger charge is -2.02. The first-order valence-electron chi connectivity index (χ1n) is 3.37. The normalized spacial score (nSPS) is 14.3. The summed E-state index contributed by atoms with van der Waals surface area (Å²) in [5.74, 6) is 0.552. The van der Waals surface area contributed by atoms with Gasteiger partial charge >= 0.3 is 0 Å². The van der Waals surface area contributed by atoms with Crippen LogP contribution in [0.2, 0.25) is 0 Å². The topological polar surface area (TPSA) is 32.3 Å². The molecule has 2 N–H and O–H groups in total. The average molecular weight is 164 g/mol. The summed E-state index contributed by atoms with van der Waals surface area (Å²) in [5.41, 5.74) is 0. The standard InChI is InChI=1S/C7H14ClNO/c1-7(10)6-9-5-3-2-4-8/h2-3,7,9-10H,4-6H2,1H3/b3-2+. The van der Waals surface area contributed by atoms with Gasteiger partial charge in [-0.05, 0) is 6.92 Å². The average Bonchev–Trinajstić information content (AvgIpc) is 1.87. The molecule has 1 atom stereocenters. The van der Waals surface area contributed by atoms with E-state index in [1.165, 1.54) is 0 Å². The Kier molecular flexibility index (Phi) is 7.03. The van der Waals surface area contributed by atoms with Crippen LogP contribution in [0.3, 0.4) is 0 Å². The molecule has 60 valence electrons. The molecule has 10 heavy (non-hydrogen) atoms. The molecular formula is C7H14ClNO. The largest absolute Gasteiger partial charge is 0.392 e. The third-order valence-electron chi connectivity index (χ3n) is 0.958. The van der Waals surface area contributed by atoms with E-state index in [1.54, 1.807) is 6.92 Å². The van der Waals surface area contributed by atoms with Crippen LogP contribution in [0.4, 0.5) is 0 Å².